The van der Waals surface area contributed by atoms with Crippen molar-refractivity contribution in [2.24, 2.45) is 5.73 Å². The standard InChI is InChI=1S/C11H12N4S/c1-7-8(2)15(6-13-7)10-5-3-4-9(14-10)11(12)16/h3-6H,1-2H3,(H2,12,16). The van der Waals surface area contributed by atoms with Gasteiger partial charge < -0.3 is 5.73 Å². The minimum absolute atomic E-state index is 0.302. The van der Waals surface area contributed by atoms with Gasteiger partial charge in [0, 0.05) is 5.69 Å². The van der Waals surface area contributed by atoms with Gasteiger partial charge in [0.25, 0.3) is 0 Å². The van der Waals surface area contributed by atoms with Gasteiger partial charge in [-0.3, -0.25) is 4.57 Å². The fourth-order valence-corrected chi connectivity index (χ4v) is 1.54. The number of hydrogen-bond donors (Lipinski definition) is 1. The number of aryl methyl sites for hydroxylation is 1. The summed E-state index contributed by atoms with van der Waals surface area (Å²) in [6.45, 7) is 3.96. The summed E-state index contributed by atoms with van der Waals surface area (Å²) < 4.78 is 1.91. The van der Waals surface area contributed by atoms with Crippen LogP contribution in [0, 0.1) is 13.8 Å². The highest BCUT2D eigenvalue weighted by Crippen LogP contribution is 2.11. The molecule has 2 heterocycles. The quantitative estimate of drug-likeness (QED) is 0.798. The lowest BCUT2D eigenvalue weighted by atomic mass is 10.3. The monoisotopic (exact) mass is 232 g/mol. The van der Waals surface area contributed by atoms with Gasteiger partial charge in [0.1, 0.15) is 17.1 Å². The number of hydrogen-bond acceptors (Lipinski definition) is 3. The molecule has 2 rings (SSSR count). The van der Waals surface area contributed by atoms with Gasteiger partial charge in [0.2, 0.25) is 0 Å². The molecule has 2 N–H and O–H groups in total. The number of nitrogens with zero attached hydrogens (tertiary/aromatic N) is 3. The summed E-state index contributed by atoms with van der Waals surface area (Å²) in [5, 5.41) is 0. The van der Waals surface area contributed by atoms with Crippen molar-refractivity contribution in [3.8, 4) is 5.82 Å². The number of pyridine rings is 1. The fraction of sp³-hybridized carbons (Fsp3) is 0.182. The molecule has 0 amide bonds. The second kappa shape index (κ2) is 4.02. The molecular weight excluding hydrogens is 220 g/mol. The topological polar surface area (TPSA) is 56.7 Å². The van der Waals surface area contributed by atoms with E-state index in [0.29, 0.717) is 10.7 Å². The van der Waals surface area contributed by atoms with E-state index in [4.69, 9.17) is 18.0 Å². The average molecular weight is 232 g/mol. The predicted molar refractivity (Wildman–Crippen MR) is 66.7 cm³/mol. The van der Waals surface area contributed by atoms with E-state index in [1.165, 1.54) is 0 Å². The van der Waals surface area contributed by atoms with Crippen LogP contribution in [-0.2, 0) is 0 Å². The zero-order chi connectivity index (χ0) is 11.7. The zero-order valence-electron chi connectivity index (χ0n) is 9.14. The molecule has 0 fully saturated rings. The minimum atomic E-state index is 0.302. The summed E-state index contributed by atoms with van der Waals surface area (Å²) in [7, 11) is 0. The average Bonchev–Trinajstić information content (AvgIpc) is 2.60. The van der Waals surface area contributed by atoms with Crippen molar-refractivity contribution < 1.29 is 0 Å². The molecular formula is C11H12N4S. The highest BCUT2D eigenvalue weighted by molar-refractivity contribution is 7.80. The molecule has 0 aliphatic carbocycles. The maximum absolute atomic E-state index is 5.55. The zero-order valence-corrected chi connectivity index (χ0v) is 9.95. The molecule has 0 aliphatic heterocycles. The molecule has 0 aromatic carbocycles. The third kappa shape index (κ3) is 1.81. The molecule has 2 aromatic rings. The molecule has 0 aliphatic rings. The summed E-state index contributed by atoms with van der Waals surface area (Å²) in [6.07, 6.45) is 1.75. The first-order chi connectivity index (χ1) is 7.59. The second-order valence-electron chi connectivity index (χ2n) is 3.53. The van der Waals surface area contributed by atoms with Crippen LogP contribution in [0.5, 0.6) is 0 Å². The van der Waals surface area contributed by atoms with E-state index >= 15 is 0 Å². The Labute approximate surface area is 99.1 Å². The minimum Gasteiger partial charge on any atom is -0.388 e. The Kier molecular flexibility index (Phi) is 2.70. The van der Waals surface area contributed by atoms with Gasteiger partial charge in [-0.1, -0.05) is 18.3 Å². The second-order valence-corrected chi connectivity index (χ2v) is 3.97. The van der Waals surface area contributed by atoms with Crippen LogP contribution in [0.4, 0.5) is 0 Å². The molecule has 0 saturated heterocycles. The lowest BCUT2D eigenvalue weighted by Crippen LogP contribution is -2.13. The number of aromatic nitrogens is 3. The van der Waals surface area contributed by atoms with Crippen LogP contribution in [0.3, 0.4) is 0 Å². The van der Waals surface area contributed by atoms with E-state index in [-0.39, 0.29) is 0 Å². The third-order valence-corrected chi connectivity index (χ3v) is 2.69. The van der Waals surface area contributed by atoms with E-state index in [0.717, 1.165) is 17.2 Å². The van der Waals surface area contributed by atoms with Crippen LogP contribution in [0.25, 0.3) is 5.82 Å². The largest absolute Gasteiger partial charge is 0.388 e. The molecule has 4 nitrogen and oxygen atoms in total. The summed E-state index contributed by atoms with van der Waals surface area (Å²) in [5.41, 5.74) is 8.22. The number of rotatable bonds is 2. The number of thiocarbonyl (C=S) groups is 1. The SMILES string of the molecule is Cc1ncn(-c2cccc(C(N)=S)n2)c1C. The Balaban J connectivity index is 2.52. The van der Waals surface area contributed by atoms with Crippen LogP contribution >= 0.6 is 12.2 Å². The van der Waals surface area contributed by atoms with Crippen LogP contribution in [0.15, 0.2) is 24.5 Å². The number of imidazole rings is 1. The van der Waals surface area contributed by atoms with E-state index in [2.05, 4.69) is 9.97 Å². The van der Waals surface area contributed by atoms with E-state index < -0.39 is 0 Å². The van der Waals surface area contributed by atoms with Crippen molar-refractivity contribution in [3.63, 3.8) is 0 Å². The summed E-state index contributed by atoms with van der Waals surface area (Å²) in [5.74, 6) is 0.781. The Bertz CT molecular complexity index is 545. The molecule has 0 saturated carbocycles. The van der Waals surface area contributed by atoms with Crippen molar-refractivity contribution >= 4 is 17.2 Å². The molecule has 0 spiro atoms. The van der Waals surface area contributed by atoms with Crippen molar-refractivity contribution in [1.82, 2.24) is 14.5 Å². The molecule has 5 heteroatoms. The van der Waals surface area contributed by atoms with Gasteiger partial charge in [0.15, 0.2) is 0 Å². The Morgan fingerprint density at radius 3 is 2.69 bits per heavy atom. The number of nitrogens with two attached hydrogens (primary N) is 1. The van der Waals surface area contributed by atoms with Gasteiger partial charge in [-0.25, -0.2) is 9.97 Å². The smallest absolute Gasteiger partial charge is 0.138 e. The normalized spacial score (nSPS) is 10.4. The Morgan fingerprint density at radius 2 is 2.12 bits per heavy atom. The van der Waals surface area contributed by atoms with Crippen molar-refractivity contribution in [1.29, 1.82) is 0 Å². The summed E-state index contributed by atoms with van der Waals surface area (Å²) in [6, 6.07) is 5.58. The highest BCUT2D eigenvalue weighted by Gasteiger charge is 2.06. The molecule has 0 atom stereocenters. The molecule has 0 radical (unpaired) electrons. The Morgan fingerprint density at radius 1 is 1.38 bits per heavy atom. The lowest BCUT2D eigenvalue weighted by molar-refractivity contribution is 0.947. The van der Waals surface area contributed by atoms with E-state index in [9.17, 15) is 0 Å². The van der Waals surface area contributed by atoms with Crippen molar-refractivity contribution in [2.75, 3.05) is 0 Å². The molecule has 2 aromatic heterocycles. The van der Waals surface area contributed by atoms with Crippen LogP contribution < -0.4 is 5.73 Å². The van der Waals surface area contributed by atoms with Gasteiger partial charge in [-0.2, -0.15) is 0 Å². The first-order valence-electron chi connectivity index (χ1n) is 4.87. The molecule has 16 heavy (non-hydrogen) atoms. The lowest BCUT2D eigenvalue weighted by Gasteiger charge is -2.05. The van der Waals surface area contributed by atoms with E-state index in [1.54, 1.807) is 12.4 Å². The van der Waals surface area contributed by atoms with Crippen LogP contribution in [0.2, 0.25) is 0 Å². The fourth-order valence-electron chi connectivity index (χ4n) is 1.42. The van der Waals surface area contributed by atoms with Gasteiger partial charge in [0.05, 0.1) is 11.4 Å². The molecule has 0 bridgehead atoms. The molecule has 82 valence electrons. The predicted octanol–water partition coefficient (Wildman–Crippen LogP) is 1.52. The molecule has 0 unspecified atom stereocenters. The summed E-state index contributed by atoms with van der Waals surface area (Å²) in [4.78, 5) is 8.90. The van der Waals surface area contributed by atoms with Crippen molar-refractivity contribution in [3.05, 3.63) is 41.6 Å². The summed E-state index contributed by atoms with van der Waals surface area (Å²) >= 11 is 4.90. The van der Waals surface area contributed by atoms with Gasteiger partial charge >= 0.3 is 0 Å². The van der Waals surface area contributed by atoms with Crippen molar-refractivity contribution in [2.45, 2.75) is 13.8 Å². The third-order valence-electron chi connectivity index (χ3n) is 2.49. The first kappa shape index (κ1) is 10.8. The Hall–Kier alpha value is -1.75. The van der Waals surface area contributed by atoms with Gasteiger partial charge in [-0.05, 0) is 26.0 Å². The highest BCUT2D eigenvalue weighted by atomic mass is 32.1. The van der Waals surface area contributed by atoms with Crippen LogP contribution in [0.1, 0.15) is 17.1 Å². The maximum atomic E-state index is 5.55. The first-order valence-corrected chi connectivity index (χ1v) is 5.28. The maximum Gasteiger partial charge on any atom is 0.138 e. The van der Waals surface area contributed by atoms with Gasteiger partial charge in [-0.15, -0.1) is 0 Å². The van der Waals surface area contributed by atoms with Crippen LogP contribution in [-0.4, -0.2) is 19.5 Å². The van der Waals surface area contributed by atoms with E-state index in [1.807, 2.05) is 30.5 Å².